The summed E-state index contributed by atoms with van der Waals surface area (Å²) < 4.78 is 1.82. The predicted octanol–water partition coefficient (Wildman–Crippen LogP) is 4.37. The van der Waals surface area contributed by atoms with Gasteiger partial charge in [0, 0.05) is 21.3 Å². The molecule has 0 saturated heterocycles. The monoisotopic (exact) mass is 320 g/mol. The van der Waals surface area contributed by atoms with Crippen molar-refractivity contribution in [2.24, 2.45) is 0 Å². The van der Waals surface area contributed by atoms with Crippen LogP contribution in [-0.4, -0.2) is 9.97 Å². The third-order valence-electron chi connectivity index (χ3n) is 3.41. The van der Waals surface area contributed by atoms with Gasteiger partial charge in [-0.25, -0.2) is 4.98 Å². The van der Waals surface area contributed by atoms with Crippen LogP contribution in [0.2, 0.25) is 0 Å². The molecule has 0 bridgehead atoms. The van der Waals surface area contributed by atoms with Crippen LogP contribution < -0.4 is 0 Å². The van der Waals surface area contributed by atoms with Gasteiger partial charge in [0.15, 0.2) is 0 Å². The van der Waals surface area contributed by atoms with E-state index in [0.717, 1.165) is 33.3 Å². The van der Waals surface area contributed by atoms with Crippen molar-refractivity contribution < 1.29 is 0 Å². The lowest BCUT2D eigenvalue weighted by Crippen LogP contribution is -1.98. The molecule has 0 aliphatic heterocycles. The fourth-order valence-electron chi connectivity index (χ4n) is 2.43. The molecule has 1 N–H and O–H groups in total. The lowest BCUT2D eigenvalue weighted by molar-refractivity contribution is 0.899. The van der Waals surface area contributed by atoms with Gasteiger partial charge in [0.25, 0.3) is 0 Å². The average Bonchev–Trinajstić information content (AvgIpc) is 2.81. The number of nitrogens with zero attached hydrogens (tertiary/aromatic N) is 1. The maximum Gasteiger partial charge on any atom is 0.139 e. The van der Waals surface area contributed by atoms with Gasteiger partial charge >= 0.3 is 0 Å². The summed E-state index contributed by atoms with van der Waals surface area (Å²) in [5, 5.41) is 0. The molecule has 0 atom stereocenters. The molecule has 0 saturated carbocycles. The number of benzene rings is 1. The van der Waals surface area contributed by atoms with Gasteiger partial charge in [0.1, 0.15) is 10.5 Å². The summed E-state index contributed by atoms with van der Waals surface area (Å²) in [7, 11) is 0. The van der Waals surface area contributed by atoms with Crippen LogP contribution in [0.5, 0.6) is 0 Å². The summed E-state index contributed by atoms with van der Waals surface area (Å²) >= 11 is 8.91. The predicted molar refractivity (Wildman–Crippen MR) is 79.3 cm³/mol. The Labute approximate surface area is 120 Å². The highest BCUT2D eigenvalue weighted by atomic mass is 79.9. The summed E-state index contributed by atoms with van der Waals surface area (Å²) in [4.78, 5) is 8.01. The lowest BCUT2D eigenvalue weighted by Gasteiger charge is -2.08. The molecule has 0 spiro atoms. The second kappa shape index (κ2) is 4.59. The van der Waals surface area contributed by atoms with E-state index in [1.165, 1.54) is 23.2 Å². The zero-order valence-corrected chi connectivity index (χ0v) is 12.5. The number of nitrogens with one attached hydrogen (secondary N) is 1. The summed E-state index contributed by atoms with van der Waals surface area (Å²) in [6, 6.07) is 6.22. The van der Waals surface area contributed by atoms with E-state index in [1.807, 2.05) is 6.07 Å². The third kappa shape index (κ3) is 2.04. The number of aromatic amines is 1. The van der Waals surface area contributed by atoms with E-state index >= 15 is 0 Å². The van der Waals surface area contributed by atoms with Crippen molar-refractivity contribution in [3.05, 3.63) is 44.1 Å². The van der Waals surface area contributed by atoms with E-state index in [4.69, 9.17) is 12.2 Å². The van der Waals surface area contributed by atoms with Crippen molar-refractivity contribution in [2.45, 2.75) is 26.2 Å². The van der Waals surface area contributed by atoms with Crippen LogP contribution in [0, 0.1) is 11.6 Å². The van der Waals surface area contributed by atoms with Crippen LogP contribution in [0.25, 0.3) is 11.4 Å². The SMILES string of the molecule is Cc1ccc(Br)cc1-c1nc(=S)c2c([nH]1)CCC2. The number of fused-ring (bicyclic) bond motifs is 1. The minimum absolute atomic E-state index is 0.760. The van der Waals surface area contributed by atoms with Crippen molar-refractivity contribution in [2.75, 3.05) is 0 Å². The largest absolute Gasteiger partial charge is 0.343 e. The van der Waals surface area contributed by atoms with E-state index in [2.05, 4.69) is 45.0 Å². The molecule has 18 heavy (non-hydrogen) atoms. The van der Waals surface area contributed by atoms with Gasteiger partial charge in [0.05, 0.1) is 0 Å². The number of hydrogen-bond donors (Lipinski definition) is 1. The number of rotatable bonds is 1. The molecule has 1 aliphatic carbocycles. The summed E-state index contributed by atoms with van der Waals surface area (Å²) in [5.41, 5.74) is 4.82. The van der Waals surface area contributed by atoms with Gasteiger partial charge in [-0.15, -0.1) is 0 Å². The van der Waals surface area contributed by atoms with Gasteiger partial charge in [-0.05, 0) is 43.9 Å². The van der Waals surface area contributed by atoms with Crippen LogP contribution in [0.15, 0.2) is 22.7 Å². The second-order valence-electron chi connectivity index (χ2n) is 4.66. The minimum Gasteiger partial charge on any atom is -0.343 e. The molecule has 1 aromatic heterocycles. The number of hydrogen-bond acceptors (Lipinski definition) is 2. The number of aryl methyl sites for hydroxylation is 2. The lowest BCUT2D eigenvalue weighted by atomic mass is 10.1. The summed E-state index contributed by atoms with van der Waals surface area (Å²) in [5.74, 6) is 0.888. The van der Waals surface area contributed by atoms with Gasteiger partial charge in [-0.1, -0.05) is 34.2 Å². The minimum atomic E-state index is 0.760. The Balaban J connectivity index is 2.21. The Morgan fingerprint density at radius 3 is 3.00 bits per heavy atom. The van der Waals surface area contributed by atoms with Crippen molar-refractivity contribution in [1.29, 1.82) is 0 Å². The molecule has 2 aromatic rings. The Morgan fingerprint density at radius 2 is 2.17 bits per heavy atom. The molecule has 2 nitrogen and oxygen atoms in total. The van der Waals surface area contributed by atoms with Crippen LogP contribution >= 0.6 is 28.1 Å². The molecule has 92 valence electrons. The van der Waals surface area contributed by atoms with Crippen LogP contribution in [0.1, 0.15) is 23.2 Å². The Hall–Kier alpha value is -1.00. The molecule has 0 fully saturated rings. The molecular weight excluding hydrogens is 308 g/mol. The van der Waals surface area contributed by atoms with Crippen molar-refractivity contribution >= 4 is 28.1 Å². The van der Waals surface area contributed by atoms with Crippen LogP contribution in [0.3, 0.4) is 0 Å². The zero-order valence-electron chi connectivity index (χ0n) is 10.1. The van der Waals surface area contributed by atoms with Crippen molar-refractivity contribution in [3.8, 4) is 11.4 Å². The van der Waals surface area contributed by atoms with Crippen LogP contribution in [0.4, 0.5) is 0 Å². The average molecular weight is 321 g/mol. The van der Waals surface area contributed by atoms with Crippen molar-refractivity contribution in [3.63, 3.8) is 0 Å². The third-order valence-corrected chi connectivity index (χ3v) is 4.24. The molecule has 1 aromatic carbocycles. The molecule has 0 radical (unpaired) electrons. The van der Waals surface area contributed by atoms with E-state index in [1.54, 1.807) is 0 Å². The highest BCUT2D eigenvalue weighted by Crippen LogP contribution is 2.27. The maximum absolute atomic E-state index is 5.40. The standard InChI is InChI=1S/C14H13BrN2S/c1-8-5-6-9(15)7-11(8)13-16-12-4-2-3-10(12)14(18)17-13/h5-7H,2-4H2,1H3,(H,16,17,18). The van der Waals surface area contributed by atoms with E-state index in [9.17, 15) is 0 Å². The Bertz CT molecular complexity index is 676. The van der Waals surface area contributed by atoms with Crippen LogP contribution in [-0.2, 0) is 12.8 Å². The second-order valence-corrected chi connectivity index (χ2v) is 5.96. The first kappa shape index (κ1) is 12.1. The van der Waals surface area contributed by atoms with Crippen molar-refractivity contribution in [1.82, 2.24) is 9.97 Å². The van der Waals surface area contributed by atoms with Gasteiger partial charge in [-0.2, -0.15) is 0 Å². The normalized spacial score (nSPS) is 13.7. The Kier molecular flexibility index (Phi) is 3.08. The Morgan fingerprint density at radius 1 is 1.33 bits per heavy atom. The molecular formula is C14H13BrN2S. The first-order valence-corrected chi connectivity index (χ1v) is 7.24. The highest BCUT2D eigenvalue weighted by molar-refractivity contribution is 9.10. The molecule has 4 heteroatoms. The molecule has 1 aliphatic rings. The number of halogens is 1. The molecule has 3 rings (SSSR count). The van der Waals surface area contributed by atoms with Gasteiger partial charge in [0.2, 0.25) is 0 Å². The fourth-order valence-corrected chi connectivity index (χ4v) is 3.11. The first-order chi connectivity index (χ1) is 8.65. The topological polar surface area (TPSA) is 28.7 Å². The number of H-pyrrole nitrogens is 1. The van der Waals surface area contributed by atoms with E-state index in [-0.39, 0.29) is 0 Å². The summed E-state index contributed by atoms with van der Waals surface area (Å²) in [6.45, 7) is 2.09. The van der Waals surface area contributed by atoms with E-state index < -0.39 is 0 Å². The summed E-state index contributed by atoms with van der Waals surface area (Å²) in [6.07, 6.45) is 3.33. The quantitative estimate of drug-likeness (QED) is 0.790. The van der Waals surface area contributed by atoms with E-state index in [0.29, 0.717) is 0 Å². The van der Waals surface area contributed by atoms with Gasteiger partial charge < -0.3 is 4.98 Å². The zero-order chi connectivity index (χ0) is 12.7. The van der Waals surface area contributed by atoms with Gasteiger partial charge in [-0.3, -0.25) is 0 Å². The maximum atomic E-state index is 5.40. The molecule has 0 amide bonds. The smallest absolute Gasteiger partial charge is 0.139 e. The highest BCUT2D eigenvalue weighted by Gasteiger charge is 2.16. The first-order valence-electron chi connectivity index (χ1n) is 6.04. The fraction of sp³-hybridized carbons (Fsp3) is 0.286. The number of aromatic nitrogens is 2. The molecule has 0 unspecified atom stereocenters. The molecule has 1 heterocycles.